The molecule has 2 aliphatic carbocycles. The average molecular weight is 396 g/mol. The molecular formula is C18H21NO5S2. The maximum absolute atomic E-state index is 13.1. The zero-order valence-electron chi connectivity index (χ0n) is 14.4. The summed E-state index contributed by atoms with van der Waals surface area (Å²) in [6.07, 6.45) is 2.66. The van der Waals surface area contributed by atoms with E-state index < -0.39 is 16.0 Å². The van der Waals surface area contributed by atoms with Gasteiger partial charge in [-0.1, -0.05) is 6.92 Å². The van der Waals surface area contributed by atoms with Gasteiger partial charge in [0.15, 0.2) is 0 Å². The van der Waals surface area contributed by atoms with E-state index in [0.29, 0.717) is 22.5 Å². The smallest absolute Gasteiger partial charge is 0.308 e. The molecule has 2 heterocycles. The predicted octanol–water partition coefficient (Wildman–Crippen LogP) is 3.44. The van der Waals surface area contributed by atoms with Crippen LogP contribution in [-0.4, -0.2) is 29.8 Å². The van der Waals surface area contributed by atoms with Gasteiger partial charge in [0.25, 0.3) is 10.0 Å². The number of carbonyl (C=O) groups is 1. The Bertz CT molecular complexity index is 925. The Balaban J connectivity index is 1.54. The summed E-state index contributed by atoms with van der Waals surface area (Å²) in [5.41, 5.74) is 0. The lowest BCUT2D eigenvalue weighted by atomic mass is 10.3. The van der Waals surface area contributed by atoms with Gasteiger partial charge in [0.2, 0.25) is 0 Å². The van der Waals surface area contributed by atoms with Crippen molar-refractivity contribution in [3.05, 3.63) is 40.7 Å². The van der Waals surface area contributed by atoms with Gasteiger partial charge in [-0.05, 0) is 49.4 Å². The molecule has 0 bridgehead atoms. The normalized spacial score (nSPS) is 22.7. The minimum absolute atomic E-state index is 0.00146. The average Bonchev–Trinajstić information content (AvgIpc) is 3.43. The molecular weight excluding hydrogens is 374 g/mol. The molecule has 6 nitrogen and oxygen atoms in total. The first kappa shape index (κ1) is 17.8. The molecule has 2 aromatic rings. The van der Waals surface area contributed by atoms with E-state index in [1.165, 1.54) is 10.4 Å². The Hall–Kier alpha value is -1.64. The molecule has 0 aromatic carbocycles. The summed E-state index contributed by atoms with van der Waals surface area (Å²) in [6, 6.07) is 6.91. The molecule has 0 aliphatic heterocycles. The van der Waals surface area contributed by atoms with Crippen LogP contribution in [0.1, 0.15) is 48.5 Å². The van der Waals surface area contributed by atoms with Gasteiger partial charge >= 0.3 is 5.97 Å². The third-order valence-corrected chi connectivity index (χ3v) is 8.40. The Morgan fingerprint density at radius 3 is 2.65 bits per heavy atom. The fraction of sp³-hybridized carbons (Fsp3) is 0.500. The molecule has 2 aliphatic rings. The quantitative estimate of drug-likeness (QED) is 0.740. The van der Waals surface area contributed by atoms with Crippen LogP contribution in [0.2, 0.25) is 0 Å². The Labute approximate surface area is 156 Å². The summed E-state index contributed by atoms with van der Waals surface area (Å²) in [5.74, 6) is 1.74. The molecule has 2 aromatic heterocycles. The van der Waals surface area contributed by atoms with E-state index in [1.54, 1.807) is 6.07 Å². The molecule has 0 radical (unpaired) electrons. The highest BCUT2D eigenvalue weighted by Crippen LogP contribution is 2.47. The number of thiophene rings is 1. The first-order chi connectivity index (χ1) is 12.3. The number of hydrogen-bond donors (Lipinski definition) is 1. The van der Waals surface area contributed by atoms with Gasteiger partial charge < -0.3 is 9.52 Å². The molecule has 2 saturated carbocycles. The summed E-state index contributed by atoms with van der Waals surface area (Å²) >= 11 is 1.03. The number of rotatable bonds is 8. The molecule has 2 unspecified atom stereocenters. The van der Waals surface area contributed by atoms with Crippen molar-refractivity contribution in [1.82, 2.24) is 4.31 Å². The van der Waals surface area contributed by atoms with E-state index in [1.807, 2.05) is 12.1 Å². The second-order valence-electron chi connectivity index (χ2n) is 7.20. The van der Waals surface area contributed by atoms with Crippen LogP contribution >= 0.6 is 11.3 Å². The van der Waals surface area contributed by atoms with Crippen LogP contribution in [0.25, 0.3) is 0 Å². The van der Waals surface area contributed by atoms with Gasteiger partial charge in [-0.15, -0.1) is 11.3 Å². The highest BCUT2D eigenvalue weighted by atomic mass is 32.2. The summed E-state index contributed by atoms with van der Waals surface area (Å²) in [5, 5.41) is 8.89. The van der Waals surface area contributed by atoms with E-state index in [0.717, 1.165) is 36.4 Å². The van der Waals surface area contributed by atoms with Crippen molar-refractivity contribution < 1.29 is 22.7 Å². The van der Waals surface area contributed by atoms with Crippen molar-refractivity contribution in [2.75, 3.05) is 0 Å². The van der Waals surface area contributed by atoms with Crippen LogP contribution in [0, 0.1) is 5.92 Å². The van der Waals surface area contributed by atoms with E-state index in [2.05, 4.69) is 6.92 Å². The predicted molar refractivity (Wildman–Crippen MR) is 96.6 cm³/mol. The van der Waals surface area contributed by atoms with Gasteiger partial charge in [0.05, 0.1) is 13.0 Å². The number of carboxylic acid groups (broad SMARTS) is 1. The van der Waals surface area contributed by atoms with E-state index in [4.69, 9.17) is 9.52 Å². The Morgan fingerprint density at radius 1 is 1.31 bits per heavy atom. The topological polar surface area (TPSA) is 87.8 Å². The van der Waals surface area contributed by atoms with Crippen LogP contribution < -0.4 is 0 Å². The summed E-state index contributed by atoms with van der Waals surface area (Å²) in [4.78, 5) is 11.4. The van der Waals surface area contributed by atoms with Crippen molar-refractivity contribution in [3.63, 3.8) is 0 Å². The Morgan fingerprint density at radius 2 is 2.04 bits per heavy atom. The summed E-state index contributed by atoms with van der Waals surface area (Å²) < 4.78 is 33.7. The molecule has 1 N–H and O–H groups in total. The van der Waals surface area contributed by atoms with Crippen molar-refractivity contribution in [2.45, 2.75) is 55.3 Å². The first-order valence-corrected chi connectivity index (χ1v) is 11.0. The largest absolute Gasteiger partial charge is 0.481 e. The molecule has 0 saturated heterocycles. The monoisotopic (exact) mass is 395 g/mol. The maximum atomic E-state index is 13.1. The van der Waals surface area contributed by atoms with Crippen molar-refractivity contribution >= 4 is 27.3 Å². The van der Waals surface area contributed by atoms with Crippen LogP contribution in [0.4, 0.5) is 0 Å². The lowest BCUT2D eigenvalue weighted by Crippen LogP contribution is -2.32. The maximum Gasteiger partial charge on any atom is 0.308 e. The number of aliphatic carboxylic acids is 1. The fourth-order valence-electron chi connectivity index (χ4n) is 3.18. The van der Waals surface area contributed by atoms with Crippen molar-refractivity contribution in [3.8, 4) is 0 Å². The Kier molecular flexibility index (Phi) is 4.45. The van der Waals surface area contributed by atoms with Crippen LogP contribution in [0.3, 0.4) is 0 Å². The number of furan rings is 1. The van der Waals surface area contributed by atoms with Gasteiger partial charge in [-0.2, -0.15) is 4.31 Å². The number of sulfonamides is 1. The standard InChI is InChI=1S/C18H21NO5S2/c1-11-8-15(11)16-6-4-13(24-16)10-19(12-2-3-12)26(22,23)18-7-5-14(25-18)9-17(20)21/h4-7,11-12,15H,2-3,8-10H2,1H3,(H,20,21). The SMILES string of the molecule is CC1CC1c1ccc(CN(C2CC2)S(=O)(=O)c2ccc(CC(=O)O)s2)o1. The van der Waals surface area contributed by atoms with Crippen molar-refractivity contribution in [1.29, 1.82) is 0 Å². The zero-order chi connectivity index (χ0) is 18.5. The lowest BCUT2D eigenvalue weighted by Gasteiger charge is -2.19. The molecule has 2 fully saturated rings. The van der Waals surface area contributed by atoms with E-state index in [-0.39, 0.29) is 23.2 Å². The summed E-state index contributed by atoms with van der Waals surface area (Å²) in [7, 11) is -3.66. The summed E-state index contributed by atoms with van der Waals surface area (Å²) in [6.45, 7) is 2.40. The van der Waals surface area contributed by atoms with Crippen LogP contribution in [0.5, 0.6) is 0 Å². The minimum atomic E-state index is -3.66. The number of hydrogen-bond acceptors (Lipinski definition) is 5. The number of nitrogens with zero attached hydrogens (tertiary/aromatic N) is 1. The first-order valence-electron chi connectivity index (χ1n) is 8.75. The minimum Gasteiger partial charge on any atom is -0.481 e. The fourth-order valence-corrected chi connectivity index (χ4v) is 6.31. The highest BCUT2D eigenvalue weighted by molar-refractivity contribution is 7.91. The molecule has 8 heteroatoms. The van der Waals surface area contributed by atoms with Gasteiger partial charge in [0, 0.05) is 16.8 Å². The van der Waals surface area contributed by atoms with E-state index in [9.17, 15) is 13.2 Å². The molecule has 2 atom stereocenters. The van der Waals surface area contributed by atoms with Gasteiger partial charge in [-0.25, -0.2) is 8.42 Å². The van der Waals surface area contributed by atoms with Gasteiger partial charge in [-0.3, -0.25) is 4.79 Å². The third kappa shape index (κ3) is 3.58. The van der Waals surface area contributed by atoms with Crippen LogP contribution in [-0.2, 0) is 27.8 Å². The van der Waals surface area contributed by atoms with Crippen LogP contribution in [0.15, 0.2) is 32.9 Å². The molecule has 4 rings (SSSR count). The molecule has 0 amide bonds. The molecule has 140 valence electrons. The highest BCUT2D eigenvalue weighted by Gasteiger charge is 2.40. The third-order valence-electron chi connectivity index (χ3n) is 4.95. The number of carboxylic acids is 1. The van der Waals surface area contributed by atoms with Gasteiger partial charge in [0.1, 0.15) is 15.7 Å². The second-order valence-corrected chi connectivity index (χ2v) is 10.5. The van der Waals surface area contributed by atoms with Crippen molar-refractivity contribution in [2.24, 2.45) is 5.92 Å². The molecule has 0 spiro atoms. The second kappa shape index (κ2) is 6.51. The lowest BCUT2D eigenvalue weighted by molar-refractivity contribution is -0.136. The molecule has 26 heavy (non-hydrogen) atoms. The zero-order valence-corrected chi connectivity index (χ0v) is 16.1. The van der Waals surface area contributed by atoms with E-state index >= 15 is 0 Å².